The highest BCUT2D eigenvalue weighted by molar-refractivity contribution is 7.99. The molecule has 0 aliphatic heterocycles. The molecule has 1 aromatic heterocycles. The van der Waals surface area contributed by atoms with Gasteiger partial charge in [0.1, 0.15) is 12.4 Å². The van der Waals surface area contributed by atoms with Crippen molar-refractivity contribution in [3.05, 3.63) is 65.5 Å². The minimum atomic E-state index is -0.647. The van der Waals surface area contributed by atoms with Crippen LogP contribution in [0.15, 0.2) is 53.7 Å². The maximum Gasteiger partial charge on any atom is 0.339 e. The number of benzene rings is 2. The van der Waals surface area contributed by atoms with Crippen molar-refractivity contribution in [2.75, 3.05) is 25.3 Å². The summed E-state index contributed by atoms with van der Waals surface area (Å²) in [5.74, 6) is -0.344. The SMILES string of the molecule is COC(=O)c1ccc(C(=O)OC)c(NC(=O)CSc2nnc(COc3ccccc3)n2C)c1. The Kier molecular flexibility index (Phi) is 8.03. The van der Waals surface area contributed by atoms with Crippen LogP contribution in [0.25, 0.3) is 0 Å². The highest BCUT2D eigenvalue weighted by atomic mass is 32.2. The molecule has 0 aliphatic carbocycles. The summed E-state index contributed by atoms with van der Waals surface area (Å²) in [7, 11) is 4.25. The minimum absolute atomic E-state index is 0.00538. The van der Waals surface area contributed by atoms with Gasteiger partial charge in [0, 0.05) is 7.05 Å². The number of anilines is 1. The van der Waals surface area contributed by atoms with Crippen LogP contribution in [0, 0.1) is 0 Å². The van der Waals surface area contributed by atoms with Gasteiger partial charge in [-0.05, 0) is 30.3 Å². The number of thioether (sulfide) groups is 1. The Bertz CT molecular complexity index is 1150. The lowest BCUT2D eigenvalue weighted by molar-refractivity contribution is -0.113. The lowest BCUT2D eigenvalue weighted by Crippen LogP contribution is -2.18. The summed E-state index contributed by atoms with van der Waals surface area (Å²) in [6, 6.07) is 13.5. The molecular weight excluding hydrogens is 448 g/mol. The van der Waals surface area contributed by atoms with Crippen LogP contribution in [-0.2, 0) is 27.9 Å². The highest BCUT2D eigenvalue weighted by Gasteiger charge is 2.18. The van der Waals surface area contributed by atoms with Gasteiger partial charge < -0.3 is 24.1 Å². The molecular formula is C22H22N4O6S. The van der Waals surface area contributed by atoms with E-state index < -0.39 is 17.8 Å². The third-order valence-electron chi connectivity index (χ3n) is 4.49. The molecule has 3 aromatic rings. The van der Waals surface area contributed by atoms with Crippen molar-refractivity contribution in [1.82, 2.24) is 14.8 Å². The molecule has 0 bridgehead atoms. The Morgan fingerprint density at radius 3 is 2.42 bits per heavy atom. The number of carbonyl (C=O) groups excluding carboxylic acids is 3. The number of carbonyl (C=O) groups is 3. The molecule has 0 saturated heterocycles. The van der Waals surface area contributed by atoms with Crippen molar-refractivity contribution in [2.24, 2.45) is 7.05 Å². The van der Waals surface area contributed by atoms with Gasteiger partial charge in [0.15, 0.2) is 11.0 Å². The zero-order chi connectivity index (χ0) is 23.8. The van der Waals surface area contributed by atoms with Crippen LogP contribution >= 0.6 is 11.8 Å². The lowest BCUT2D eigenvalue weighted by Gasteiger charge is -2.11. The Morgan fingerprint density at radius 2 is 1.73 bits per heavy atom. The topological polar surface area (TPSA) is 122 Å². The van der Waals surface area contributed by atoms with Crippen molar-refractivity contribution < 1.29 is 28.6 Å². The summed E-state index contributed by atoms with van der Waals surface area (Å²) in [6.07, 6.45) is 0. The predicted octanol–water partition coefficient (Wildman–Crippen LogP) is 2.70. The first-order valence-corrected chi connectivity index (χ1v) is 10.7. The summed E-state index contributed by atoms with van der Waals surface area (Å²) >= 11 is 1.17. The van der Waals surface area contributed by atoms with Crippen LogP contribution in [0.2, 0.25) is 0 Å². The molecule has 0 radical (unpaired) electrons. The number of esters is 2. The normalized spacial score (nSPS) is 10.4. The first-order valence-electron chi connectivity index (χ1n) is 9.72. The molecule has 11 heteroatoms. The van der Waals surface area contributed by atoms with Crippen molar-refractivity contribution in [2.45, 2.75) is 11.8 Å². The largest absolute Gasteiger partial charge is 0.486 e. The molecule has 0 unspecified atom stereocenters. The molecule has 0 atom stereocenters. The fourth-order valence-electron chi connectivity index (χ4n) is 2.76. The number of amides is 1. The summed E-state index contributed by atoms with van der Waals surface area (Å²) in [4.78, 5) is 36.4. The van der Waals surface area contributed by atoms with Gasteiger partial charge in [0.25, 0.3) is 0 Å². The average Bonchev–Trinajstić information content (AvgIpc) is 3.20. The second-order valence-corrected chi connectivity index (χ2v) is 7.58. The van der Waals surface area contributed by atoms with Gasteiger partial charge in [-0.3, -0.25) is 4.79 Å². The minimum Gasteiger partial charge on any atom is -0.486 e. The summed E-state index contributed by atoms with van der Waals surface area (Å²) < 4.78 is 16.9. The zero-order valence-electron chi connectivity index (χ0n) is 18.2. The van der Waals surface area contributed by atoms with Gasteiger partial charge >= 0.3 is 11.9 Å². The monoisotopic (exact) mass is 470 g/mol. The average molecular weight is 471 g/mol. The Morgan fingerprint density at radius 1 is 1.00 bits per heavy atom. The standard InChI is InChI=1S/C22H22N4O6S/c1-26-18(12-32-15-7-5-4-6-8-15)24-25-22(26)33-13-19(27)23-17-11-14(20(28)30-2)9-10-16(17)21(29)31-3/h4-11H,12-13H2,1-3H3,(H,23,27). The lowest BCUT2D eigenvalue weighted by atomic mass is 10.1. The van der Waals surface area contributed by atoms with Crippen LogP contribution < -0.4 is 10.1 Å². The third-order valence-corrected chi connectivity index (χ3v) is 5.51. The van der Waals surface area contributed by atoms with E-state index in [9.17, 15) is 14.4 Å². The second kappa shape index (κ2) is 11.1. The summed E-state index contributed by atoms with van der Waals surface area (Å²) in [5, 5.41) is 11.4. The number of hydrogen-bond acceptors (Lipinski definition) is 9. The molecule has 1 heterocycles. The molecule has 0 aliphatic rings. The fraction of sp³-hybridized carbons (Fsp3) is 0.227. The van der Waals surface area contributed by atoms with Crippen LogP contribution in [0.4, 0.5) is 5.69 Å². The molecule has 0 fully saturated rings. The molecule has 3 rings (SSSR count). The van der Waals surface area contributed by atoms with E-state index in [2.05, 4.69) is 15.5 Å². The van der Waals surface area contributed by atoms with Gasteiger partial charge in [-0.25, -0.2) is 9.59 Å². The van der Waals surface area contributed by atoms with Crippen LogP contribution in [0.1, 0.15) is 26.5 Å². The second-order valence-electron chi connectivity index (χ2n) is 6.64. The maximum absolute atomic E-state index is 12.5. The van der Waals surface area contributed by atoms with E-state index in [1.165, 1.54) is 44.2 Å². The number of aromatic nitrogens is 3. The van der Waals surface area contributed by atoms with Gasteiger partial charge in [-0.15, -0.1) is 10.2 Å². The third kappa shape index (κ3) is 6.10. The molecule has 2 aromatic carbocycles. The van der Waals surface area contributed by atoms with Gasteiger partial charge in [-0.1, -0.05) is 30.0 Å². The number of para-hydroxylation sites is 1. The van der Waals surface area contributed by atoms with Crippen LogP contribution in [0.3, 0.4) is 0 Å². The fourth-order valence-corrected chi connectivity index (χ4v) is 3.49. The first kappa shape index (κ1) is 23.8. The number of nitrogens with one attached hydrogen (secondary N) is 1. The van der Waals surface area contributed by atoms with Crippen molar-refractivity contribution in [1.29, 1.82) is 0 Å². The molecule has 1 N–H and O–H groups in total. The molecule has 33 heavy (non-hydrogen) atoms. The van der Waals surface area contributed by atoms with Crippen molar-refractivity contribution in [3.63, 3.8) is 0 Å². The summed E-state index contributed by atoms with van der Waals surface area (Å²) in [5.41, 5.74) is 0.442. The Hall–Kier alpha value is -3.86. The highest BCUT2D eigenvalue weighted by Crippen LogP contribution is 2.22. The molecule has 0 saturated carbocycles. The van der Waals surface area contributed by atoms with Crippen molar-refractivity contribution >= 4 is 35.3 Å². The van der Waals surface area contributed by atoms with Crippen LogP contribution in [-0.4, -0.2) is 52.6 Å². The van der Waals surface area contributed by atoms with Gasteiger partial charge in [-0.2, -0.15) is 0 Å². The van der Waals surface area contributed by atoms with E-state index in [-0.39, 0.29) is 29.2 Å². The number of hydrogen-bond donors (Lipinski definition) is 1. The predicted molar refractivity (Wildman–Crippen MR) is 120 cm³/mol. The molecule has 1 amide bonds. The first-order chi connectivity index (χ1) is 15.9. The molecule has 172 valence electrons. The van der Waals surface area contributed by atoms with E-state index in [1.807, 2.05) is 30.3 Å². The number of rotatable bonds is 9. The molecule has 10 nitrogen and oxygen atoms in total. The van der Waals surface area contributed by atoms with E-state index in [4.69, 9.17) is 14.2 Å². The number of ether oxygens (including phenoxy) is 3. The smallest absolute Gasteiger partial charge is 0.339 e. The van der Waals surface area contributed by atoms with E-state index in [1.54, 1.807) is 11.6 Å². The van der Waals surface area contributed by atoms with Crippen molar-refractivity contribution in [3.8, 4) is 5.75 Å². The quantitative estimate of drug-likeness (QED) is 0.371. The van der Waals surface area contributed by atoms with E-state index in [0.29, 0.717) is 16.7 Å². The Labute approximate surface area is 194 Å². The van der Waals surface area contributed by atoms with E-state index in [0.717, 1.165) is 0 Å². The number of nitrogens with zero attached hydrogens (tertiary/aromatic N) is 3. The summed E-state index contributed by atoms with van der Waals surface area (Å²) in [6.45, 7) is 0.225. The zero-order valence-corrected chi connectivity index (χ0v) is 19.0. The number of methoxy groups -OCH3 is 2. The van der Waals surface area contributed by atoms with Gasteiger partial charge in [0.2, 0.25) is 5.91 Å². The van der Waals surface area contributed by atoms with E-state index >= 15 is 0 Å². The Balaban J connectivity index is 1.64. The van der Waals surface area contributed by atoms with Crippen LogP contribution in [0.5, 0.6) is 5.75 Å². The molecule has 0 spiro atoms. The van der Waals surface area contributed by atoms with Gasteiger partial charge in [0.05, 0.1) is 36.8 Å². The maximum atomic E-state index is 12.5.